The van der Waals surface area contributed by atoms with Gasteiger partial charge >= 0.3 is 0 Å². The van der Waals surface area contributed by atoms with Crippen molar-refractivity contribution in [1.29, 1.82) is 0 Å². The van der Waals surface area contributed by atoms with Gasteiger partial charge in [-0.05, 0) is 78.7 Å². The Labute approximate surface area is 210 Å². The molecule has 6 heteroatoms. The molecule has 0 aromatic heterocycles. The molecule has 0 fully saturated rings. The Bertz CT molecular complexity index is 1210. The van der Waals surface area contributed by atoms with Crippen LogP contribution in [0.5, 0.6) is 23.0 Å². The molecule has 0 unspecified atom stereocenters. The van der Waals surface area contributed by atoms with Crippen molar-refractivity contribution in [3.05, 3.63) is 112 Å². The van der Waals surface area contributed by atoms with Crippen LogP contribution in [-0.4, -0.2) is 6.61 Å². The lowest BCUT2D eigenvalue weighted by Crippen LogP contribution is -2.04. The molecule has 0 saturated carbocycles. The highest BCUT2D eigenvalue weighted by Gasteiger charge is 2.13. The van der Waals surface area contributed by atoms with E-state index < -0.39 is 0 Å². The monoisotopic (exact) mass is 493 g/mol. The van der Waals surface area contributed by atoms with Gasteiger partial charge in [-0.2, -0.15) is 0 Å². The minimum absolute atomic E-state index is 0.343. The van der Waals surface area contributed by atoms with Gasteiger partial charge < -0.3 is 19.5 Å². The van der Waals surface area contributed by atoms with Crippen molar-refractivity contribution in [2.75, 3.05) is 11.9 Å². The van der Waals surface area contributed by atoms with E-state index in [9.17, 15) is 0 Å². The summed E-state index contributed by atoms with van der Waals surface area (Å²) < 4.78 is 17.7. The predicted octanol–water partition coefficient (Wildman–Crippen LogP) is 8.38. The van der Waals surface area contributed by atoms with Crippen LogP contribution in [-0.2, 0) is 13.2 Å². The zero-order valence-electron chi connectivity index (χ0n) is 18.8. The van der Waals surface area contributed by atoms with Crippen LogP contribution in [0.3, 0.4) is 0 Å². The van der Waals surface area contributed by atoms with E-state index in [1.54, 1.807) is 0 Å². The third-order valence-corrected chi connectivity index (χ3v) is 5.49. The summed E-state index contributed by atoms with van der Waals surface area (Å²) in [7, 11) is 0. The molecule has 0 saturated heterocycles. The van der Waals surface area contributed by atoms with Crippen molar-refractivity contribution >= 4 is 28.9 Å². The first-order valence-corrected chi connectivity index (χ1v) is 11.8. The summed E-state index contributed by atoms with van der Waals surface area (Å²) in [5.74, 6) is 2.72. The highest BCUT2D eigenvalue weighted by Crippen LogP contribution is 2.37. The number of anilines is 1. The molecule has 0 aliphatic heterocycles. The van der Waals surface area contributed by atoms with Gasteiger partial charge in [0.1, 0.15) is 18.1 Å². The number of halogens is 2. The Morgan fingerprint density at radius 3 is 2.24 bits per heavy atom. The SMILES string of the molecule is CCOc1cc(CNc2ccc(Oc3ccccc3)cc2)cc(Cl)c1OCc1cccc(Cl)c1. The average molecular weight is 494 g/mol. The third kappa shape index (κ3) is 6.60. The van der Waals surface area contributed by atoms with Crippen LogP contribution in [0.2, 0.25) is 10.0 Å². The maximum absolute atomic E-state index is 6.57. The Morgan fingerprint density at radius 1 is 0.735 bits per heavy atom. The van der Waals surface area contributed by atoms with Gasteiger partial charge in [0, 0.05) is 17.3 Å². The fourth-order valence-corrected chi connectivity index (χ4v) is 3.88. The highest BCUT2D eigenvalue weighted by atomic mass is 35.5. The maximum Gasteiger partial charge on any atom is 0.180 e. The van der Waals surface area contributed by atoms with Crippen LogP contribution in [0, 0.1) is 0 Å². The van der Waals surface area contributed by atoms with Crippen LogP contribution in [0.1, 0.15) is 18.1 Å². The number of hydrogen-bond acceptors (Lipinski definition) is 4. The second kappa shape index (κ2) is 11.7. The van der Waals surface area contributed by atoms with E-state index >= 15 is 0 Å². The van der Waals surface area contributed by atoms with E-state index in [-0.39, 0.29) is 0 Å². The summed E-state index contributed by atoms with van der Waals surface area (Å²) in [4.78, 5) is 0. The first-order chi connectivity index (χ1) is 16.6. The summed E-state index contributed by atoms with van der Waals surface area (Å²) >= 11 is 12.6. The number of benzene rings is 4. The van der Waals surface area contributed by atoms with Crippen molar-refractivity contribution in [2.45, 2.75) is 20.1 Å². The summed E-state index contributed by atoms with van der Waals surface area (Å²) in [6.45, 7) is 3.35. The summed E-state index contributed by atoms with van der Waals surface area (Å²) in [5.41, 5.74) is 2.90. The molecule has 4 aromatic rings. The zero-order chi connectivity index (χ0) is 23.8. The molecule has 1 N–H and O–H groups in total. The Hall–Kier alpha value is -3.34. The minimum Gasteiger partial charge on any atom is -0.490 e. The quantitative estimate of drug-likeness (QED) is 0.240. The normalized spacial score (nSPS) is 10.6. The summed E-state index contributed by atoms with van der Waals surface area (Å²) in [6, 6.07) is 28.9. The molecular weight excluding hydrogens is 469 g/mol. The molecular formula is C28H25Cl2NO3. The van der Waals surface area contributed by atoms with Crippen LogP contribution < -0.4 is 19.5 Å². The van der Waals surface area contributed by atoms with Crippen molar-refractivity contribution < 1.29 is 14.2 Å². The molecule has 0 atom stereocenters. The Morgan fingerprint density at radius 2 is 1.50 bits per heavy atom. The van der Waals surface area contributed by atoms with Crippen LogP contribution in [0.25, 0.3) is 0 Å². The van der Waals surface area contributed by atoms with Crippen LogP contribution in [0.4, 0.5) is 5.69 Å². The molecule has 174 valence electrons. The van der Waals surface area contributed by atoms with Gasteiger partial charge in [0.15, 0.2) is 11.5 Å². The number of hydrogen-bond donors (Lipinski definition) is 1. The van der Waals surface area contributed by atoms with Gasteiger partial charge in [0.25, 0.3) is 0 Å². The lowest BCUT2D eigenvalue weighted by molar-refractivity contribution is 0.269. The smallest absolute Gasteiger partial charge is 0.180 e. The fourth-order valence-electron chi connectivity index (χ4n) is 3.38. The van der Waals surface area contributed by atoms with Gasteiger partial charge in [0.05, 0.1) is 11.6 Å². The summed E-state index contributed by atoms with van der Waals surface area (Å²) in [6.07, 6.45) is 0. The number of para-hydroxylation sites is 1. The topological polar surface area (TPSA) is 39.7 Å². The second-order valence-electron chi connectivity index (χ2n) is 7.55. The predicted molar refractivity (Wildman–Crippen MR) is 139 cm³/mol. The number of rotatable bonds is 10. The molecule has 0 heterocycles. The van der Waals surface area contributed by atoms with Gasteiger partial charge in [-0.1, -0.05) is 53.5 Å². The zero-order valence-corrected chi connectivity index (χ0v) is 20.3. The first kappa shape index (κ1) is 23.8. The number of ether oxygens (including phenoxy) is 3. The highest BCUT2D eigenvalue weighted by molar-refractivity contribution is 6.32. The second-order valence-corrected chi connectivity index (χ2v) is 8.39. The van der Waals surface area contributed by atoms with Gasteiger partial charge in [-0.15, -0.1) is 0 Å². The molecule has 34 heavy (non-hydrogen) atoms. The van der Waals surface area contributed by atoms with E-state index in [1.165, 1.54) is 0 Å². The fraction of sp³-hybridized carbons (Fsp3) is 0.143. The van der Waals surface area contributed by atoms with Gasteiger partial charge in [-0.3, -0.25) is 0 Å². The molecule has 0 amide bonds. The molecule has 0 radical (unpaired) electrons. The van der Waals surface area contributed by atoms with Gasteiger partial charge in [-0.25, -0.2) is 0 Å². The molecule has 4 nitrogen and oxygen atoms in total. The molecule has 0 aliphatic rings. The Balaban J connectivity index is 1.40. The van der Waals surface area contributed by atoms with Crippen molar-refractivity contribution in [3.63, 3.8) is 0 Å². The average Bonchev–Trinajstić information content (AvgIpc) is 2.84. The van der Waals surface area contributed by atoms with E-state index in [0.717, 1.165) is 28.3 Å². The van der Waals surface area contributed by atoms with E-state index in [1.807, 2.05) is 97.9 Å². The Kier molecular flexibility index (Phi) is 8.18. The minimum atomic E-state index is 0.343. The van der Waals surface area contributed by atoms with E-state index in [2.05, 4.69) is 5.32 Å². The molecule has 0 bridgehead atoms. The first-order valence-electron chi connectivity index (χ1n) is 11.0. The van der Waals surface area contributed by atoms with Crippen LogP contribution >= 0.6 is 23.2 Å². The molecule has 0 aliphatic carbocycles. The molecule has 4 rings (SSSR count). The van der Waals surface area contributed by atoms with Crippen molar-refractivity contribution in [1.82, 2.24) is 0 Å². The standard InChI is InChI=1S/C28H25Cl2NO3/c1-2-32-27-17-21(16-26(30)28(27)33-19-20-7-6-8-22(29)15-20)18-31-23-11-13-25(14-12-23)34-24-9-4-3-5-10-24/h3-17,31H,2,18-19H2,1H3. The van der Waals surface area contributed by atoms with Crippen molar-refractivity contribution in [2.24, 2.45) is 0 Å². The molecule has 0 spiro atoms. The molecule has 4 aromatic carbocycles. The largest absolute Gasteiger partial charge is 0.490 e. The lowest BCUT2D eigenvalue weighted by atomic mass is 10.2. The number of nitrogens with one attached hydrogen (secondary N) is 1. The van der Waals surface area contributed by atoms with Crippen molar-refractivity contribution in [3.8, 4) is 23.0 Å². The third-order valence-electron chi connectivity index (χ3n) is 4.97. The summed E-state index contributed by atoms with van der Waals surface area (Å²) in [5, 5.41) is 4.57. The van der Waals surface area contributed by atoms with E-state index in [0.29, 0.717) is 41.3 Å². The maximum atomic E-state index is 6.57. The lowest BCUT2D eigenvalue weighted by Gasteiger charge is -2.16. The van der Waals surface area contributed by atoms with E-state index in [4.69, 9.17) is 37.4 Å². The van der Waals surface area contributed by atoms with Gasteiger partial charge in [0.2, 0.25) is 0 Å². The van der Waals surface area contributed by atoms with Crippen LogP contribution in [0.15, 0.2) is 91.0 Å².